The molecule has 0 fully saturated rings. The Hall–Kier alpha value is -0.940. The number of pyridine rings is 1. The van der Waals surface area contributed by atoms with E-state index in [4.69, 9.17) is 10.5 Å². The molecule has 94 valence electrons. The SMILES string of the molecule is CC(C)(C)OC(=O)CC(N)c1cncc(Br)c1. The molecule has 0 saturated heterocycles. The predicted octanol–water partition coefficient (Wildman–Crippen LogP) is 2.58. The zero-order valence-corrected chi connectivity index (χ0v) is 11.8. The summed E-state index contributed by atoms with van der Waals surface area (Å²) in [5.41, 5.74) is 6.25. The first-order valence-electron chi connectivity index (χ1n) is 5.36. The highest BCUT2D eigenvalue weighted by Gasteiger charge is 2.19. The second kappa shape index (κ2) is 5.60. The number of rotatable bonds is 3. The molecule has 0 radical (unpaired) electrons. The van der Waals surface area contributed by atoms with Crippen LogP contribution >= 0.6 is 15.9 Å². The molecule has 0 amide bonds. The highest BCUT2D eigenvalue weighted by Crippen LogP contribution is 2.19. The van der Waals surface area contributed by atoms with E-state index in [0.717, 1.165) is 10.0 Å². The minimum atomic E-state index is -0.480. The lowest BCUT2D eigenvalue weighted by molar-refractivity contribution is -0.155. The number of nitrogens with zero attached hydrogens (tertiary/aromatic N) is 1. The third-order valence-electron chi connectivity index (χ3n) is 1.96. The van der Waals surface area contributed by atoms with Crippen LogP contribution in [0.3, 0.4) is 0 Å². The van der Waals surface area contributed by atoms with Gasteiger partial charge in [-0.05, 0) is 48.3 Å². The minimum Gasteiger partial charge on any atom is -0.460 e. The van der Waals surface area contributed by atoms with Gasteiger partial charge in [0.05, 0.1) is 6.42 Å². The Morgan fingerprint density at radius 1 is 1.53 bits per heavy atom. The van der Waals surface area contributed by atoms with Gasteiger partial charge in [-0.15, -0.1) is 0 Å². The van der Waals surface area contributed by atoms with Gasteiger partial charge < -0.3 is 10.5 Å². The molecule has 1 atom stereocenters. The van der Waals surface area contributed by atoms with Gasteiger partial charge in [-0.25, -0.2) is 0 Å². The largest absolute Gasteiger partial charge is 0.460 e. The van der Waals surface area contributed by atoms with Crippen LogP contribution in [0.5, 0.6) is 0 Å². The normalized spacial score (nSPS) is 13.2. The number of aromatic nitrogens is 1. The summed E-state index contributed by atoms with van der Waals surface area (Å²) >= 11 is 3.31. The van der Waals surface area contributed by atoms with Gasteiger partial charge in [0, 0.05) is 22.9 Å². The molecule has 2 N–H and O–H groups in total. The fraction of sp³-hybridized carbons (Fsp3) is 0.500. The molecule has 1 heterocycles. The molecule has 17 heavy (non-hydrogen) atoms. The van der Waals surface area contributed by atoms with Gasteiger partial charge in [-0.1, -0.05) is 0 Å². The van der Waals surface area contributed by atoms with Crippen molar-refractivity contribution in [2.45, 2.75) is 38.8 Å². The van der Waals surface area contributed by atoms with Crippen LogP contribution in [0, 0.1) is 0 Å². The van der Waals surface area contributed by atoms with Crippen molar-refractivity contribution in [3.63, 3.8) is 0 Å². The first kappa shape index (κ1) is 14.1. The van der Waals surface area contributed by atoms with E-state index in [1.54, 1.807) is 12.4 Å². The lowest BCUT2D eigenvalue weighted by atomic mass is 10.1. The molecular weight excluding hydrogens is 284 g/mol. The van der Waals surface area contributed by atoms with Crippen molar-refractivity contribution in [2.75, 3.05) is 0 Å². The average molecular weight is 301 g/mol. The maximum atomic E-state index is 11.6. The summed E-state index contributed by atoms with van der Waals surface area (Å²) in [4.78, 5) is 15.6. The molecule has 0 saturated carbocycles. The standard InChI is InChI=1S/C12H17BrN2O2/c1-12(2,3)17-11(16)5-10(14)8-4-9(13)7-15-6-8/h4,6-7,10H,5,14H2,1-3H3. The lowest BCUT2D eigenvalue weighted by Crippen LogP contribution is -2.26. The quantitative estimate of drug-likeness (QED) is 0.871. The van der Waals surface area contributed by atoms with Gasteiger partial charge in [-0.2, -0.15) is 0 Å². The van der Waals surface area contributed by atoms with Crippen molar-refractivity contribution < 1.29 is 9.53 Å². The summed E-state index contributed by atoms with van der Waals surface area (Å²) in [5, 5.41) is 0. The average Bonchev–Trinajstić information content (AvgIpc) is 2.14. The van der Waals surface area contributed by atoms with Gasteiger partial charge in [0.2, 0.25) is 0 Å². The third-order valence-corrected chi connectivity index (χ3v) is 2.39. The summed E-state index contributed by atoms with van der Waals surface area (Å²) < 4.78 is 6.05. The molecule has 1 unspecified atom stereocenters. The van der Waals surface area contributed by atoms with Crippen molar-refractivity contribution in [1.82, 2.24) is 4.98 Å². The van der Waals surface area contributed by atoms with Crippen molar-refractivity contribution in [2.24, 2.45) is 5.73 Å². The monoisotopic (exact) mass is 300 g/mol. The van der Waals surface area contributed by atoms with Gasteiger partial charge in [0.15, 0.2) is 0 Å². The van der Waals surface area contributed by atoms with Crippen LogP contribution in [0.2, 0.25) is 0 Å². The number of hydrogen-bond donors (Lipinski definition) is 1. The summed E-state index contributed by atoms with van der Waals surface area (Å²) in [7, 11) is 0. The van der Waals surface area contributed by atoms with Crippen LogP contribution in [0.4, 0.5) is 0 Å². The number of halogens is 1. The Labute approximate surface area is 110 Å². The number of ether oxygens (including phenoxy) is 1. The molecule has 0 bridgehead atoms. The molecule has 4 nitrogen and oxygen atoms in total. The Bertz CT molecular complexity index is 402. The van der Waals surface area contributed by atoms with Crippen LogP contribution in [-0.2, 0) is 9.53 Å². The molecule has 1 aromatic rings. The van der Waals surface area contributed by atoms with E-state index in [-0.39, 0.29) is 12.4 Å². The van der Waals surface area contributed by atoms with Gasteiger partial charge in [0.1, 0.15) is 5.60 Å². The second-order valence-electron chi connectivity index (χ2n) is 4.83. The van der Waals surface area contributed by atoms with Crippen LogP contribution < -0.4 is 5.73 Å². The Morgan fingerprint density at radius 3 is 2.71 bits per heavy atom. The maximum absolute atomic E-state index is 11.6. The van der Waals surface area contributed by atoms with E-state index in [0.29, 0.717) is 0 Å². The molecule has 0 aliphatic heterocycles. The molecule has 0 spiro atoms. The zero-order valence-electron chi connectivity index (χ0n) is 10.2. The fourth-order valence-corrected chi connectivity index (χ4v) is 1.69. The van der Waals surface area contributed by atoms with E-state index in [2.05, 4.69) is 20.9 Å². The van der Waals surface area contributed by atoms with E-state index in [9.17, 15) is 4.79 Å². The maximum Gasteiger partial charge on any atom is 0.308 e. The lowest BCUT2D eigenvalue weighted by Gasteiger charge is -2.21. The van der Waals surface area contributed by atoms with E-state index in [1.807, 2.05) is 26.8 Å². The molecular formula is C12H17BrN2O2. The number of esters is 1. The van der Waals surface area contributed by atoms with Crippen molar-refractivity contribution in [3.8, 4) is 0 Å². The van der Waals surface area contributed by atoms with Crippen LogP contribution in [0.25, 0.3) is 0 Å². The number of carbonyl (C=O) groups is 1. The van der Waals surface area contributed by atoms with Gasteiger partial charge >= 0.3 is 5.97 Å². The molecule has 5 heteroatoms. The Morgan fingerprint density at radius 2 is 2.18 bits per heavy atom. The fourth-order valence-electron chi connectivity index (χ4n) is 1.31. The van der Waals surface area contributed by atoms with Gasteiger partial charge in [-0.3, -0.25) is 9.78 Å². The summed E-state index contributed by atoms with van der Waals surface area (Å²) in [5.74, 6) is -0.301. The summed E-state index contributed by atoms with van der Waals surface area (Å²) in [6.45, 7) is 5.49. The van der Waals surface area contributed by atoms with Crippen LogP contribution in [-0.4, -0.2) is 16.6 Å². The summed E-state index contributed by atoms with van der Waals surface area (Å²) in [6, 6.07) is 1.46. The molecule has 0 aliphatic carbocycles. The van der Waals surface area contributed by atoms with Crippen molar-refractivity contribution >= 4 is 21.9 Å². The number of nitrogens with two attached hydrogens (primary N) is 1. The number of carbonyl (C=O) groups excluding carboxylic acids is 1. The highest BCUT2D eigenvalue weighted by molar-refractivity contribution is 9.10. The molecule has 1 rings (SSSR count). The van der Waals surface area contributed by atoms with Gasteiger partial charge in [0.25, 0.3) is 0 Å². The topological polar surface area (TPSA) is 65.2 Å². The minimum absolute atomic E-state index is 0.148. The zero-order chi connectivity index (χ0) is 13.1. The van der Waals surface area contributed by atoms with E-state index in [1.165, 1.54) is 0 Å². The van der Waals surface area contributed by atoms with Crippen LogP contribution in [0.15, 0.2) is 22.9 Å². The predicted molar refractivity (Wildman–Crippen MR) is 69.3 cm³/mol. The van der Waals surface area contributed by atoms with Crippen molar-refractivity contribution in [1.29, 1.82) is 0 Å². The number of hydrogen-bond acceptors (Lipinski definition) is 4. The second-order valence-corrected chi connectivity index (χ2v) is 5.75. The van der Waals surface area contributed by atoms with E-state index < -0.39 is 11.6 Å². The summed E-state index contributed by atoms with van der Waals surface area (Å²) in [6.07, 6.45) is 3.47. The Kier molecular flexibility index (Phi) is 4.65. The highest BCUT2D eigenvalue weighted by atomic mass is 79.9. The first-order valence-corrected chi connectivity index (χ1v) is 6.15. The van der Waals surface area contributed by atoms with Crippen LogP contribution in [0.1, 0.15) is 38.8 Å². The first-order chi connectivity index (χ1) is 7.78. The molecule has 0 aromatic carbocycles. The molecule has 1 aromatic heterocycles. The molecule has 0 aliphatic rings. The Balaban J connectivity index is 2.61. The van der Waals surface area contributed by atoms with Crippen molar-refractivity contribution in [3.05, 3.63) is 28.5 Å². The third kappa shape index (κ3) is 5.28. The van der Waals surface area contributed by atoms with E-state index >= 15 is 0 Å². The smallest absolute Gasteiger partial charge is 0.308 e.